The third-order valence-electron chi connectivity index (χ3n) is 4.22. The first kappa shape index (κ1) is 15.1. The number of nitrogens with one attached hydrogen (secondary N) is 1. The molecule has 1 heterocycles. The average Bonchev–Trinajstić information content (AvgIpc) is 2.69. The van der Waals surface area contributed by atoms with Gasteiger partial charge < -0.3 is 10.2 Å². The Morgan fingerprint density at radius 1 is 1.30 bits per heavy atom. The van der Waals surface area contributed by atoms with Crippen LogP contribution in [0.4, 0.5) is 0 Å². The van der Waals surface area contributed by atoms with Gasteiger partial charge in [0.05, 0.1) is 0 Å². The second kappa shape index (κ2) is 8.08. The fraction of sp³-hybridized carbons (Fsp3) is 0.750. The molecule has 0 unspecified atom stereocenters. The van der Waals surface area contributed by atoms with Crippen molar-refractivity contribution in [2.75, 3.05) is 19.6 Å². The second-order valence-electron chi connectivity index (χ2n) is 5.82. The van der Waals surface area contributed by atoms with E-state index in [9.17, 15) is 9.59 Å². The van der Waals surface area contributed by atoms with Crippen molar-refractivity contribution in [3.05, 3.63) is 12.2 Å². The quantitative estimate of drug-likeness (QED) is 0.619. The average molecular weight is 278 g/mol. The van der Waals surface area contributed by atoms with Gasteiger partial charge in [0.2, 0.25) is 11.8 Å². The van der Waals surface area contributed by atoms with Crippen molar-refractivity contribution >= 4 is 11.8 Å². The molecular weight excluding hydrogens is 252 g/mol. The summed E-state index contributed by atoms with van der Waals surface area (Å²) in [7, 11) is 0. The van der Waals surface area contributed by atoms with E-state index in [0.29, 0.717) is 13.0 Å². The minimum absolute atomic E-state index is 0.153. The number of amides is 2. The van der Waals surface area contributed by atoms with Gasteiger partial charge in [-0.25, -0.2) is 0 Å². The number of carbonyl (C=O) groups excluding carboxylic acids is 2. The molecule has 1 atom stereocenters. The maximum Gasteiger partial charge on any atom is 0.223 e. The van der Waals surface area contributed by atoms with E-state index in [1.807, 2.05) is 4.90 Å². The lowest BCUT2D eigenvalue weighted by Gasteiger charge is -2.21. The Morgan fingerprint density at radius 3 is 3.00 bits per heavy atom. The largest absolute Gasteiger partial charge is 0.356 e. The highest BCUT2D eigenvalue weighted by Crippen LogP contribution is 2.18. The number of likely N-dealkylation sites (tertiary alicyclic amines) is 1. The van der Waals surface area contributed by atoms with Crippen LogP contribution in [0.5, 0.6) is 0 Å². The van der Waals surface area contributed by atoms with Gasteiger partial charge in [-0.05, 0) is 38.5 Å². The highest BCUT2D eigenvalue weighted by atomic mass is 16.2. The maximum absolute atomic E-state index is 11.9. The van der Waals surface area contributed by atoms with Gasteiger partial charge in [0.1, 0.15) is 0 Å². The fourth-order valence-electron chi connectivity index (χ4n) is 2.93. The summed E-state index contributed by atoms with van der Waals surface area (Å²) in [6.45, 7) is 2.35. The molecule has 0 bridgehead atoms. The predicted molar refractivity (Wildman–Crippen MR) is 79.2 cm³/mol. The number of nitrogens with zero attached hydrogens (tertiary/aromatic N) is 1. The van der Waals surface area contributed by atoms with Crippen molar-refractivity contribution in [2.45, 2.75) is 51.4 Å². The van der Waals surface area contributed by atoms with Crippen LogP contribution in [0.25, 0.3) is 0 Å². The van der Waals surface area contributed by atoms with Gasteiger partial charge in [-0.15, -0.1) is 0 Å². The van der Waals surface area contributed by atoms with Crippen LogP contribution >= 0.6 is 0 Å². The Morgan fingerprint density at radius 2 is 2.20 bits per heavy atom. The smallest absolute Gasteiger partial charge is 0.223 e. The van der Waals surface area contributed by atoms with E-state index >= 15 is 0 Å². The zero-order valence-electron chi connectivity index (χ0n) is 12.3. The van der Waals surface area contributed by atoms with E-state index in [2.05, 4.69) is 17.5 Å². The molecule has 0 aromatic heterocycles. The van der Waals surface area contributed by atoms with Gasteiger partial charge in [-0.1, -0.05) is 18.6 Å². The molecule has 2 amide bonds. The SMILES string of the molecule is O=C(NCCCN1CCCCCC1=O)[C@H]1CC=CCC1. The minimum Gasteiger partial charge on any atom is -0.356 e. The summed E-state index contributed by atoms with van der Waals surface area (Å²) < 4.78 is 0. The van der Waals surface area contributed by atoms with Gasteiger partial charge in [0, 0.05) is 32.0 Å². The molecule has 112 valence electrons. The van der Waals surface area contributed by atoms with Crippen LogP contribution < -0.4 is 5.32 Å². The summed E-state index contributed by atoms with van der Waals surface area (Å²) in [5, 5.41) is 3.01. The highest BCUT2D eigenvalue weighted by molar-refractivity contribution is 5.79. The Kier molecular flexibility index (Phi) is 6.09. The summed E-state index contributed by atoms with van der Waals surface area (Å²) in [4.78, 5) is 25.7. The molecule has 0 aromatic carbocycles. The van der Waals surface area contributed by atoms with Crippen LogP contribution in [0.2, 0.25) is 0 Å². The van der Waals surface area contributed by atoms with Crippen molar-refractivity contribution < 1.29 is 9.59 Å². The third-order valence-corrected chi connectivity index (χ3v) is 4.22. The number of carbonyl (C=O) groups is 2. The zero-order chi connectivity index (χ0) is 14.2. The van der Waals surface area contributed by atoms with Crippen LogP contribution in [-0.2, 0) is 9.59 Å². The van der Waals surface area contributed by atoms with Gasteiger partial charge in [-0.2, -0.15) is 0 Å². The Labute approximate surface area is 121 Å². The molecule has 1 saturated heterocycles. The number of hydrogen-bond donors (Lipinski definition) is 1. The number of hydrogen-bond acceptors (Lipinski definition) is 2. The van der Waals surface area contributed by atoms with Crippen molar-refractivity contribution in [1.82, 2.24) is 10.2 Å². The van der Waals surface area contributed by atoms with Crippen LogP contribution in [0.15, 0.2) is 12.2 Å². The van der Waals surface area contributed by atoms with Gasteiger partial charge in [0.15, 0.2) is 0 Å². The van der Waals surface area contributed by atoms with Crippen LogP contribution in [0, 0.1) is 5.92 Å². The lowest BCUT2D eigenvalue weighted by atomic mass is 9.94. The normalized spacial score (nSPS) is 23.5. The molecule has 4 heteroatoms. The molecule has 20 heavy (non-hydrogen) atoms. The third kappa shape index (κ3) is 4.66. The van der Waals surface area contributed by atoms with Crippen molar-refractivity contribution in [1.29, 1.82) is 0 Å². The first-order valence-corrected chi connectivity index (χ1v) is 7.98. The summed E-state index contributed by atoms with van der Waals surface area (Å²) >= 11 is 0. The molecule has 0 aromatic rings. The molecule has 0 saturated carbocycles. The summed E-state index contributed by atoms with van der Waals surface area (Å²) in [5.74, 6) is 0.614. The van der Waals surface area contributed by atoms with Crippen LogP contribution in [0.3, 0.4) is 0 Å². The molecule has 2 rings (SSSR count). The summed E-state index contributed by atoms with van der Waals surface area (Å²) in [5.41, 5.74) is 0. The zero-order valence-corrected chi connectivity index (χ0v) is 12.3. The molecule has 0 radical (unpaired) electrons. The van der Waals surface area contributed by atoms with E-state index in [4.69, 9.17) is 0 Å². The molecule has 2 aliphatic rings. The first-order valence-electron chi connectivity index (χ1n) is 7.98. The van der Waals surface area contributed by atoms with Crippen LogP contribution in [0.1, 0.15) is 51.4 Å². The Hall–Kier alpha value is -1.32. The van der Waals surface area contributed by atoms with Gasteiger partial charge >= 0.3 is 0 Å². The summed E-state index contributed by atoms with van der Waals surface area (Å²) in [6.07, 6.45) is 12.0. The molecule has 0 spiro atoms. The summed E-state index contributed by atoms with van der Waals surface area (Å²) in [6, 6.07) is 0. The molecule has 1 aliphatic heterocycles. The molecule has 1 fully saturated rings. The molecule has 1 aliphatic carbocycles. The Balaban J connectivity index is 1.61. The fourth-order valence-corrected chi connectivity index (χ4v) is 2.93. The molecular formula is C16H26N2O2. The van der Waals surface area contributed by atoms with Crippen molar-refractivity contribution in [2.24, 2.45) is 5.92 Å². The standard InChI is InChI=1S/C16H26N2O2/c19-15-10-5-2-6-12-18(15)13-7-11-17-16(20)14-8-3-1-4-9-14/h1,3,14H,2,4-13H2,(H,17,20)/t14-/m0/s1. The van der Waals surface area contributed by atoms with Crippen molar-refractivity contribution in [3.63, 3.8) is 0 Å². The lowest BCUT2D eigenvalue weighted by Crippen LogP contribution is -2.36. The lowest BCUT2D eigenvalue weighted by molar-refractivity contribution is -0.130. The first-order chi connectivity index (χ1) is 9.77. The Bertz CT molecular complexity index is 365. The van der Waals surface area contributed by atoms with E-state index in [1.165, 1.54) is 0 Å². The van der Waals surface area contributed by atoms with Gasteiger partial charge in [-0.3, -0.25) is 9.59 Å². The van der Waals surface area contributed by atoms with Crippen molar-refractivity contribution in [3.8, 4) is 0 Å². The second-order valence-corrected chi connectivity index (χ2v) is 5.82. The van der Waals surface area contributed by atoms with E-state index in [0.717, 1.165) is 58.0 Å². The number of rotatable bonds is 5. The molecule has 1 N–H and O–H groups in total. The monoisotopic (exact) mass is 278 g/mol. The van der Waals surface area contributed by atoms with E-state index in [-0.39, 0.29) is 17.7 Å². The topological polar surface area (TPSA) is 49.4 Å². The van der Waals surface area contributed by atoms with E-state index in [1.54, 1.807) is 0 Å². The van der Waals surface area contributed by atoms with Crippen LogP contribution in [-0.4, -0.2) is 36.3 Å². The van der Waals surface area contributed by atoms with E-state index < -0.39 is 0 Å². The minimum atomic E-state index is 0.153. The molecule has 4 nitrogen and oxygen atoms in total. The number of allylic oxidation sites excluding steroid dienone is 2. The maximum atomic E-state index is 11.9. The predicted octanol–water partition coefficient (Wildman–Crippen LogP) is 2.25. The highest BCUT2D eigenvalue weighted by Gasteiger charge is 2.19. The van der Waals surface area contributed by atoms with Gasteiger partial charge in [0.25, 0.3) is 0 Å².